The molecule has 0 saturated carbocycles. The van der Waals surface area contributed by atoms with Gasteiger partial charge < -0.3 is 26.8 Å². The fraction of sp³-hybridized carbons (Fsp3) is 0.679. The largest absolute Gasteiger partial charge is 0.481 e. The van der Waals surface area contributed by atoms with Crippen LogP contribution in [-0.2, 0) is 27.3 Å². The summed E-state index contributed by atoms with van der Waals surface area (Å²) in [5, 5.41) is 17.5. The molecule has 206 valence electrons. The third kappa shape index (κ3) is 17.9. The number of unbranched alkanes of at least 4 members (excludes halogenated alkanes) is 7. The summed E-state index contributed by atoms with van der Waals surface area (Å²) in [5.41, 5.74) is 7.46. The summed E-state index contributed by atoms with van der Waals surface area (Å²) in [6.45, 7) is 5.71. The summed E-state index contributed by atoms with van der Waals surface area (Å²) >= 11 is 0. The number of benzene rings is 1. The van der Waals surface area contributed by atoms with Gasteiger partial charge in [0.25, 0.3) is 0 Å². The fourth-order valence-electron chi connectivity index (χ4n) is 3.75. The molecular weight excluding hydrogens is 456 g/mol. The molecule has 0 aromatic heterocycles. The van der Waals surface area contributed by atoms with Crippen LogP contribution in [0, 0.1) is 0 Å². The van der Waals surface area contributed by atoms with Gasteiger partial charge in [-0.15, -0.1) is 0 Å². The van der Waals surface area contributed by atoms with E-state index in [9.17, 15) is 14.4 Å². The van der Waals surface area contributed by atoms with Crippen LogP contribution in [-0.4, -0.2) is 49.1 Å². The Balaban J connectivity index is 0.00000596. The molecule has 0 spiro atoms. The Morgan fingerprint density at radius 2 is 1.39 bits per heavy atom. The number of nitrogens with one attached hydrogen (secondary N) is 3. The van der Waals surface area contributed by atoms with Crippen molar-refractivity contribution in [2.75, 3.05) is 20.1 Å². The molecular formula is C28H50N4O4. The normalized spacial score (nSPS) is 11.2. The van der Waals surface area contributed by atoms with Crippen LogP contribution in [0.4, 0.5) is 0 Å². The second kappa shape index (κ2) is 23.0. The van der Waals surface area contributed by atoms with Crippen molar-refractivity contribution in [1.82, 2.24) is 16.0 Å². The van der Waals surface area contributed by atoms with Gasteiger partial charge in [0.15, 0.2) is 0 Å². The molecule has 6 N–H and O–H groups in total. The average molecular weight is 507 g/mol. The number of rotatable bonds is 20. The number of carboxylic acids is 1. The molecule has 0 bridgehead atoms. The van der Waals surface area contributed by atoms with Gasteiger partial charge in [-0.1, -0.05) is 76.6 Å². The maximum absolute atomic E-state index is 12.2. The lowest BCUT2D eigenvalue weighted by Gasteiger charge is -2.15. The summed E-state index contributed by atoms with van der Waals surface area (Å²) < 4.78 is 0. The average Bonchev–Trinajstić information content (AvgIpc) is 2.88. The molecule has 8 nitrogen and oxygen atoms in total. The highest BCUT2D eigenvalue weighted by Gasteiger charge is 2.15. The Labute approximate surface area is 218 Å². The van der Waals surface area contributed by atoms with E-state index in [1.54, 1.807) is 7.05 Å². The molecule has 0 aliphatic heterocycles. The summed E-state index contributed by atoms with van der Waals surface area (Å²) in [6.07, 6.45) is 10.5. The fourth-order valence-corrected chi connectivity index (χ4v) is 3.75. The van der Waals surface area contributed by atoms with Crippen LogP contribution in [0.15, 0.2) is 24.3 Å². The quantitative estimate of drug-likeness (QED) is 0.170. The first-order valence-electron chi connectivity index (χ1n) is 13.7. The zero-order chi connectivity index (χ0) is 27.0. The molecule has 0 aliphatic carbocycles. The number of carbonyl (C=O) groups is 3. The third-order valence-corrected chi connectivity index (χ3v) is 5.86. The molecule has 0 radical (unpaired) electrons. The minimum atomic E-state index is -0.711. The summed E-state index contributed by atoms with van der Waals surface area (Å²) in [5.74, 6) is -0.719. The number of hydrogen-bond donors (Lipinski definition) is 5. The highest BCUT2D eigenvalue weighted by Crippen LogP contribution is 2.10. The van der Waals surface area contributed by atoms with Crippen molar-refractivity contribution in [1.29, 1.82) is 0 Å². The molecule has 1 aromatic rings. The molecule has 0 fully saturated rings. The van der Waals surface area contributed by atoms with E-state index in [4.69, 9.17) is 10.8 Å². The lowest BCUT2D eigenvalue weighted by Crippen LogP contribution is -2.42. The van der Waals surface area contributed by atoms with E-state index in [2.05, 4.69) is 16.0 Å². The van der Waals surface area contributed by atoms with E-state index in [1.165, 1.54) is 0 Å². The van der Waals surface area contributed by atoms with Crippen LogP contribution in [0.3, 0.4) is 0 Å². The number of nitrogens with two attached hydrogens (primary N) is 1. The number of likely N-dealkylation sites (N-methyl/N-ethyl adjacent to an activating group) is 1. The SMILES string of the molecule is CC.CNC(CCCN)C(=O)NCc1ccc(CC(=O)NCCCCCCCCCCC(=O)O)cc1. The minimum Gasteiger partial charge on any atom is -0.481 e. The standard InChI is InChI=1S/C26H44N4O4.C2H6/c1-28-23(11-10-17-27)26(34)30-20-22-15-13-21(14-16-22)19-24(31)29-18-9-7-5-3-2-4-6-8-12-25(32)33;1-2/h13-16,23,28H,2-12,17-20,27H2,1H3,(H,29,31)(H,30,34)(H,32,33);1-2H3. The van der Waals surface area contributed by atoms with Gasteiger partial charge >= 0.3 is 5.97 Å². The van der Waals surface area contributed by atoms with Crippen molar-refractivity contribution in [3.8, 4) is 0 Å². The predicted molar refractivity (Wildman–Crippen MR) is 147 cm³/mol. The Morgan fingerprint density at radius 1 is 0.833 bits per heavy atom. The number of aliphatic carboxylic acids is 1. The van der Waals surface area contributed by atoms with E-state index in [-0.39, 0.29) is 24.3 Å². The Kier molecular flexibility index (Phi) is 21.4. The zero-order valence-corrected chi connectivity index (χ0v) is 22.7. The van der Waals surface area contributed by atoms with Crippen molar-refractivity contribution in [2.24, 2.45) is 5.73 Å². The molecule has 2 amide bonds. The lowest BCUT2D eigenvalue weighted by molar-refractivity contribution is -0.137. The molecule has 0 aliphatic rings. The van der Waals surface area contributed by atoms with Crippen molar-refractivity contribution in [2.45, 2.75) is 103 Å². The van der Waals surface area contributed by atoms with Crippen LogP contribution < -0.4 is 21.7 Å². The highest BCUT2D eigenvalue weighted by atomic mass is 16.4. The van der Waals surface area contributed by atoms with Crippen molar-refractivity contribution >= 4 is 17.8 Å². The predicted octanol–water partition coefficient (Wildman–Crippen LogP) is 3.91. The topological polar surface area (TPSA) is 134 Å². The first-order valence-corrected chi connectivity index (χ1v) is 13.7. The van der Waals surface area contributed by atoms with Crippen molar-refractivity contribution < 1.29 is 19.5 Å². The molecule has 1 unspecified atom stereocenters. The maximum Gasteiger partial charge on any atom is 0.303 e. The summed E-state index contributed by atoms with van der Waals surface area (Å²) in [7, 11) is 1.77. The van der Waals surface area contributed by atoms with Crippen LogP contribution in [0.1, 0.15) is 95.6 Å². The van der Waals surface area contributed by atoms with Gasteiger partial charge in [0.05, 0.1) is 12.5 Å². The smallest absolute Gasteiger partial charge is 0.303 e. The first-order chi connectivity index (χ1) is 17.5. The van der Waals surface area contributed by atoms with E-state index in [0.717, 1.165) is 68.9 Å². The van der Waals surface area contributed by atoms with Crippen LogP contribution in [0.25, 0.3) is 0 Å². The molecule has 0 heterocycles. The maximum atomic E-state index is 12.2. The van der Waals surface area contributed by atoms with Gasteiger partial charge in [-0.2, -0.15) is 0 Å². The van der Waals surface area contributed by atoms with E-state index in [0.29, 0.717) is 32.5 Å². The van der Waals surface area contributed by atoms with E-state index < -0.39 is 5.97 Å². The number of amides is 2. The van der Waals surface area contributed by atoms with E-state index >= 15 is 0 Å². The number of hydrogen-bond acceptors (Lipinski definition) is 5. The highest BCUT2D eigenvalue weighted by molar-refractivity contribution is 5.81. The van der Waals surface area contributed by atoms with Gasteiger partial charge in [-0.05, 0) is 50.4 Å². The van der Waals surface area contributed by atoms with Gasteiger partial charge in [0.2, 0.25) is 11.8 Å². The second-order valence-corrected chi connectivity index (χ2v) is 8.81. The molecule has 1 aromatic carbocycles. The Morgan fingerprint density at radius 3 is 1.94 bits per heavy atom. The molecule has 1 atom stereocenters. The van der Waals surface area contributed by atoms with Crippen LogP contribution >= 0.6 is 0 Å². The first kappa shape index (κ1) is 33.5. The lowest BCUT2D eigenvalue weighted by atomic mass is 10.1. The second-order valence-electron chi connectivity index (χ2n) is 8.81. The van der Waals surface area contributed by atoms with Gasteiger partial charge in [0, 0.05) is 19.5 Å². The van der Waals surface area contributed by atoms with Gasteiger partial charge in [-0.3, -0.25) is 14.4 Å². The van der Waals surface area contributed by atoms with Crippen LogP contribution in [0.5, 0.6) is 0 Å². The molecule has 1 rings (SSSR count). The summed E-state index contributed by atoms with van der Waals surface area (Å²) in [6, 6.07) is 7.52. The van der Waals surface area contributed by atoms with Gasteiger partial charge in [0.1, 0.15) is 0 Å². The van der Waals surface area contributed by atoms with Crippen molar-refractivity contribution in [3.63, 3.8) is 0 Å². The number of carbonyl (C=O) groups excluding carboxylic acids is 2. The molecule has 36 heavy (non-hydrogen) atoms. The summed E-state index contributed by atoms with van der Waals surface area (Å²) in [4.78, 5) is 34.9. The molecule has 0 saturated heterocycles. The Hall–Kier alpha value is -2.45. The molecule has 8 heteroatoms. The van der Waals surface area contributed by atoms with Crippen LogP contribution in [0.2, 0.25) is 0 Å². The van der Waals surface area contributed by atoms with Gasteiger partial charge in [-0.25, -0.2) is 0 Å². The Bertz CT molecular complexity index is 710. The minimum absolute atomic E-state index is 0.0243. The monoisotopic (exact) mass is 506 g/mol. The zero-order valence-electron chi connectivity index (χ0n) is 22.7. The third-order valence-electron chi connectivity index (χ3n) is 5.86. The van der Waals surface area contributed by atoms with E-state index in [1.807, 2.05) is 38.1 Å². The number of carboxylic acid groups (broad SMARTS) is 1. The van der Waals surface area contributed by atoms with Crippen molar-refractivity contribution in [3.05, 3.63) is 35.4 Å².